The Labute approximate surface area is 105 Å². The molecule has 15 heavy (non-hydrogen) atoms. The van der Waals surface area contributed by atoms with Crippen molar-refractivity contribution in [3.05, 3.63) is 34.9 Å². The molecule has 3 heteroatoms. The molecule has 0 fully saturated rings. The molecule has 1 aromatic rings. The topological polar surface area (TPSA) is 9.23 Å². The summed E-state index contributed by atoms with van der Waals surface area (Å²) in [6.07, 6.45) is 1.30. The number of ether oxygens (including phenoxy) is 1. The number of hydrogen-bond donors (Lipinski definition) is 0. The van der Waals surface area contributed by atoms with Crippen LogP contribution in [0.5, 0.6) is 0 Å². The van der Waals surface area contributed by atoms with Crippen LogP contribution in [0.3, 0.4) is 0 Å². The average molecular weight is 292 g/mol. The fourth-order valence-electron chi connectivity index (χ4n) is 1.31. The zero-order valence-electron chi connectivity index (χ0n) is 9.04. The molecule has 1 nitrogen and oxygen atoms in total. The van der Waals surface area contributed by atoms with E-state index in [1.807, 2.05) is 24.3 Å². The maximum absolute atomic E-state index is 6.12. The van der Waals surface area contributed by atoms with E-state index < -0.39 is 0 Å². The molecular weight excluding hydrogens is 275 g/mol. The molecule has 84 valence electrons. The molecule has 0 spiro atoms. The molecule has 0 bridgehead atoms. The molecule has 0 saturated carbocycles. The van der Waals surface area contributed by atoms with Gasteiger partial charge in [-0.2, -0.15) is 0 Å². The Morgan fingerprint density at radius 3 is 2.60 bits per heavy atom. The van der Waals surface area contributed by atoms with Gasteiger partial charge in [-0.3, -0.25) is 0 Å². The van der Waals surface area contributed by atoms with E-state index in [1.54, 1.807) is 0 Å². The van der Waals surface area contributed by atoms with Crippen LogP contribution in [0, 0.1) is 0 Å². The van der Waals surface area contributed by atoms with Crippen molar-refractivity contribution in [2.45, 2.75) is 32.5 Å². The Morgan fingerprint density at radius 1 is 1.40 bits per heavy atom. The minimum absolute atomic E-state index is 0.0358. The van der Waals surface area contributed by atoms with Crippen LogP contribution < -0.4 is 0 Å². The second-order valence-corrected chi connectivity index (χ2v) is 4.57. The molecule has 0 aliphatic carbocycles. The van der Waals surface area contributed by atoms with Gasteiger partial charge >= 0.3 is 0 Å². The van der Waals surface area contributed by atoms with E-state index in [9.17, 15) is 0 Å². The second-order valence-electron chi connectivity index (χ2n) is 3.52. The van der Waals surface area contributed by atoms with Gasteiger partial charge in [0.05, 0.1) is 12.2 Å². The molecule has 0 aliphatic rings. The highest BCUT2D eigenvalue weighted by atomic mass is 79.9. The minimum atomic E-state index is 0.0358. The number of alkyl halides is 1. The summed E-state index contributed by atoms with van der Waals surface area (Å²) in [5, 5.41) is 1.53. The predicted molar refractivity (Wildman–Crippen MR) is 68.8 cm³/mol. The summed E-state index contributed by atoms with van der Waals surface area (Å²) in [6, 6.07) is 7.82. The quantitative estimate of drug-likeness (QED) is 0.721. The molecule has 0 N–H and O–H groups in total. The molecule has 0 amide bonds. The lowest BCUT2D eigenvalue weighted by Gasteiger charge is -2.21. The number of rotatable bonds is 5. The van der Waals surface area contributed by atoms with Crippen molar-refractivity contribution in [1.29, 1.82) is 0 Å². The van der Waals surface area contributed by atoms with Crippen LogP contribution in [-0.4, -0.2) is 11.4 Å². The third kappa shape index (κ3) is 3.78. The number of halogens is 2. The first-order valence-corrected chi connectivity index (χ1v) is 6.64. The first-order chi connectivity index (χ1) is 7.19. The van der Waals surface area contributed by atoms with Gasteiger partial charge in [-0.05, 0) is 19.4 Å². The van der Waals surface area contributed by atoms with Crippen molar-refractivity contribution in [1.82, 2.24) is 0 Å². The molecule has 0 radical (unpaired) electrons. The van der Waals surface area contributed by atoms with Gasteiger partial charge in [-0.1, -0.05) is 52.7 Å². The molecule has 0 aliphatic heterocycles. The summed E-state index contributed by atoms with van der Waals surface area (Å²) >= 11 is 9.58. The standard InChI is InChI=1S/C12H16BrClO/c1-3-9(2)15-12(8-13)10-6-4-5-7-11(10)14/h4-7,9,12H,3,8H2,1-2H3. The highest BCUT2D eigenvalue weighted by Gasteiger charge is 2.15. The summed E-state index contributed by atoms with van der Waals surface area (Å²) in [5.74, 6) is 0. The number of benzene rings is 1. The van der Waals surface area contributed by atoms with Crippen molar-refractivity contribution >= 4 is 27.5 Å². The van der Waals surface area contributed by atoms with Crippen molar-refractivity contribution in [2.75, 3.05) is 5.33 Å². The normalized spacial score (nSPS) is 14.9. The van der Waals surface area contributed by atoms with Gasteiger partial charge in [0, 0.05) is 15.9 Å². The highest BCUT2D eigenvalue weighted by Crippen LogP contribution is 2.28. The minimum Gasteiger partial charge on any atom is -0.370 e. The Bertz CT molecular complexity index is 303. The smallest absolute Gasteiger partial charge is 0.0939 e. The van der Waals surface area contributed by atoms with E-state index in [1.165, 1.54) is 0 Å². The van der Waals surface area contributed by atoms with Gasteiger partial charge in [0.25, 0.3) is 0 Å². The van der Waals surface area contributed by atoms with Gasteiger partial charge in [0.2, 0.25) is 0 Å². The Balaban J connectivity index is 2.78. The average Bonchev–Trinajstić information content (AvgIpc) is 2.26. The molecule has 1 rings (SSSR count). The first-order valence-electron chi connectivity index (χ1n) is 5.14. The molecule has 2 unspecified atom stereocenters. The van der Waals surface area contributed by atoms with Crippen LogP contribution in [0.25, 0.3) is 0 Å². The van der Waals surface area contributed by atoms with Gasteiger partial charge in [0.1, 0.15) is 0 Å². The van der Waals surface area contributed by atoms with Gasteiger partial charge in [-0.25, -0.2) is 0 Å². The van der Waals surface area contributed by atoms with E-state index in [0.717, 1.165) is 22.3 Å². The van der Waals surface area contributed by atoms with Gasteiger partial charge in [0.15, 0.2) is 0 Å². The molecule has 0 saturated heterocycles. The van der Waals surface area contributed by atoms with Gasteiger partial charge < -0.3 is 4.74 Å². The summed E-state index contributed by atoms with van der Waals surface area (Å²) in [5.41, 5.74) is 1.05. The van der Waals surface area contributed by atoms with E-state index in [0.29, 0.717) is 0 Å². The Morgan fingerprint density at radius 2 is 2.07 bits per heavy atom. The first kappa shape index (κ1) is 13.0. The molecule has 1 aromatic carbocycles. The predicted octanol–water partition coefficient (Wildman–Crippen LogP) is 4.59. The third-order valence-electron chi connectivity index (χ3n) is 2.36. The van der Waals surface area contributed by atoms with Crippen LogP contribution in [0.4, 0.5) is 0 Å². The zero-order valence-corrected chi connectivity index (χ0v) is 11.4. The van der Waals surface area contributed by atoms with Crippen molar-refractivity contribution < 1.29 is 4.74 Å². The van der Waals surface area contributed by atoms with Crippen LogP contribution in [-0.2, 0) is 4.74 Å². The second kappa shape index (κ2) is 6.51. The molecule has 0 aromatic heterocycles. The van der Waals surface area contributed by atoms with Crippen LogP contribution >= 0.6 is 27.5 Å². The Kier molecular flexibility index (Phi) is 5.65. The maximum Gasteiger partial charge on any atom is 0.0939 e. The third-order valence-corrected chi connectivity index (χ3v) is 3.30. The highest BCUT2D eigenvalue weighted by molar-refractivity contribution is 9.09. The largest absolute Gasteiger partial charge is 0.370 e. The SMILES string of the molecule is CCC(C)OC(CBr)c1ccccc1Cl. The van der Waals surface area contributed by atoms with Crippen LogP contribution in [0.15, 0.2) is 24.3 Å². The van der Waals surface area contributed by atoms with Crippen LogP contribution in [0.2, 0.25) is 5.02 Å². The van der Waals surface area contributed by atoms with Crippen molar-refractivity contribution in [3.63, 3.8) is 0 Å². The van der Waals surface area contributed by atoms with Crippen LogP contribution in [0.1, 0.15) is 31.9 Å². The lowest BCUT2D eigenvalue weighted by Crippen LogP contribution is -2.14. The van der Waals surface area contributed by atoms with Crippen molar-refractivity contribution in [2.24, 2.45) is 0 Å². The monoisotopic (exact) mass is 290 g/mol. The van der Waals surface area contributed by atoms with E-state index in [-0.39, 0.29) is 12.2 Å². The summed E-state index contributed by atoms with van der Waals surface area (Å²) < 4.78 is 5.88. The summed E-state index contributed by atoms with van der Waals surface area (Å²) in [7, 11) is 0. The molecule has 0 heterocycles. The lowest BCUT2D eigenvalue weighted by molar-refractivity contribution is 0.00891. The zero-order chi connectivity index (χ0) is 11.3. The molecule has 2 atom stereocenters. The van der Waals surface area contributed by atoms with E-state index >= 15 is 0 Å². The fourth-order valence-corrected chi connectivity index (χ4v) is 2.06. The van der Waals surface area contributed by atoms with Crippen molar-refractivity contribution in [3.8, 4) is 0 Å². The lowest BCUT2D eigenvalue weighted by atomic mass is 10.1. The van der Waals surface area contributed by atoms with Gasteiger partial charge in [-0.15, -0.1) is 0 Å². The van der Waals surface area contributed by atoms with E-state index in [4.69, 9.17) is 16.3 Å². The molecular formula is C12H16BrClO. The Hall–Kier alpha value is -0.0500. The van der Waals surface area contributed by atoms with E-state index in [2.05, 4.69) is 29.8 Å². The number of hydrogen-bond acceptors (Lipinski definition) is 1. The fraction of sp³-hybridized carbons (Fsp3) is 0.500. The summed E-state index contributed by atoms with van der Waals surface area (Å²) in [6.45, 7) is 4.19. The maximum atomic E-state index is 6.12. The summed E-state index contributed by atoms with van der Waals surface area (Å²) in [4.78, 5) is 0.